The summed E-state index contributed by atoms with van der Waals surface area (Å²) in [5.74, 6) is -0.204. The molecule has 100 valence electrons. The number of nitrogens with zero attached hydrogens (tertiary/aromatic N) is 2. The van der Waals surface area contributed by atoms with Gasteiger partial charge in [0.25, 0.3) is 5.91 Å². The Labute approximate surface area is 115 Å². The van der Waals surface area contributed by atoms with E-state index in [1.165, 1.54) is 11.3 Å². The Bertz CT molecular complexity index is 518. The molecule has 1 saturated heterocycles. The predicted molar refractivity (Wildman–Crippen MR) is 73.1 cm³/mol. The van der Waals surface area contributed by atoms with Crippen molar-refractivity contribution in [1.29, 1.82) is 0 Å². The average molecular weight is 277 g/mol. The van der Waals surface area contributed by atoms with E-state index in [1.807, 2.05) is 17.5 Å². The van der Waals surface area contributed by atoms with Crippen LogP contribution in [0.5, 0.6) is 0 Å². The van der Waals surface area contributed by atoms with Crippen molar-refractivity contribution < 1.29 is 9.59 Å². The first-order valence-corrected chi connectivity index (χ1v) is 7.33. The monoisotopic (exact) mass is 277 g/mol. The number of hydrazone groups is 1. The van der Waals surface area contributed by atoms with Gasteiger partial charge in [-0.3, -0.25) is 4.79 Å². The summed E-state index contributed by atoms with van der Waals surface area (Å²) in [6, 6.07) is 3.39. The number of carbonyl (C=O) groups is 2. The van der Waals surface area contributed by atoms with Crippen LogP contribution in [-0.2, 0) is 4.79 Å². The van der Waals surface area contributed by atoms with Gasteiger partial charge in [-0.15, -0.1) is 16.3 Å². The summed E-state index contributed by atoms with van der Waals surface area (Å²) < 4.78 is 0. The second kappa shape index (κ2) is 4.77. The molecule has 1 N–H and O–H groups in total. The Hall–Kier alpha value is -1.69. The number of rotatable bonds is 2. The second-order valence-corrected chi connectivity index (χ2v) is 5.93. The van der Waals surface area contributed by atoms with Gasteiger partial charge < -0.3 is 5.32 Å². The van der Waals surface area contributed by atoms with Crippen molar-refractivity contribution in [3.63, 3.8) is 0 Å². The first-order chi connectivity index (χ1) is 9.21. The van der Waals surface area contributed by atoms with E-state index in [4.69, 9.17) is 0 Å². The quantitative estimate of drug-likeness (QED) is 0.666. The van der Waals surface area contributed by atoms with Gasteiger partial charge in [0, 0.05) is 4.88 Å². The Morgan fingerprint density at radius 3 is 2.79 bits per heavy atom. The number of imide groups is 1. The molecule has 3 amide bonds. The molecule has 1 aliphatic heterocycles. The normalized spacial score (nSPS) is 22.4. The van der Waals surface area contributed by atoms with E-state index in [9.17, 15) is 9.59 Å². The summed E-state index contributed by atoms with van der Waals surface area (Å²) in [4.78, 5) is 25.2. The lowest BCUT2D eigenvalue weighted by atomic mass is 9.82. The third-order valence-corrected chi connectivity index (χ3v) is 4.50. The maximum absolute atomic E-state index is 12.4. The van der Waals surface area contributed by atoms with Crippen molar-refractivity contribution in [3.8, 4) is 0 Å². The third kappa shape index (κ3) is 2.16. The van der Waals surface area contributed by atoms with Crippen LogP contribution in [-0.4, -0.2) is 28.7 Å². The number of urea groups is 1. The van der Waals surface area contributed by atoms with Crippen molar-refractivity contribution in [3.05, 3.63) is 22.4 Å². The fraction of sp³-hybridized carbons (Fsp3) is 0.462. The molecule has 3 rings (SSSR count). The summed E-state index contributed by atoms with van der Waals surface area (Å²) in [5.41, 5.74) is -0.692. The molecule has 19 heavy (non-hydrogen) atoms. The first kappa shape index (κ1) is 12.3. The van der Waals surface area contributed by atoms with Crippen LogP contribution in [0.3, 0.4) is 0 Å². The molecule has 0 atom stereocenters. The van der Waals surface area contributed by atoms with E-state index in [0.717, 1.165) is 42.0 Å². The zero-order valence-corrected chi connectivity index (χ0v) is 11.3. The van der Waals surface area contributed by atoms with Crippen molar-refractivity contribution in [2.45, 2.75) is 37.6 Å². The highest BCUT2D eigenvalue weighted by molar-refractivity contribution is 7.11. The van der Waals surface area contributed by atoms with Crippen LogP contribution in [0.15, 0.2) is 22.6 Å². The highest BCUT2D eigenvalue weighted by Crippen LogP contribution is 2.33. The van der Waals surface area contributed by atoms with Gasteiger partial charge in [-0.05, 0) is 24.3 Å². The largest absolute Gasteiger partial charge is 0.346 e. The Kier molecular flexibility index (Phi) is 3.10. The van der Waals surface area contributed by atoms with E-state index in [-0.39, 0.29) is 5.91 Å². The Balaban J connectivity index is 1.79. The lowest BCUT2D eigenvalue weighted by molar-refractivity contribution is -0.132. The van der Waals surface area contributed by atoms with Crippen molar-refractivity contribution >= 4 is 29.5 Å². The van der Waals surface area contributed by atoms with Crippen LogP contribution >= 0.6 is 11.3 Å². The maximum Gasteiger partial charge on any atom is 0.346 e. The number of carbonyl (C=O) groups excluding carboxylic acids is 2. The molecule has 0 bridgehead atoms. The van der Waals surface area contributed by atoms with Crippen LogP contribution in [0.2, 0.25) is 0 Å². The van der Waals surface area contributed by atoms with Gasteiger partial charge in [-0.2, -0.15) is 5.10 Å². The minimum absolute atomic E-state index is 0.204. The van der Waals surface area contributed by atoms with Gasteiger partial charge in [0.2, 0.25) is 0 Å². The molecule has 2 fully saturated rings. The summed E-state index contributed by atoms with van der Waals surface area (Å²) >= 11 is 1.52. The molecular weight excluding hydrogens is 262 g/mol. The van der Waals surface area contributed by atoms with Crippen molar-refractivity contribution in [1.82, 2.24) is 10.3 Å². The highest BCUT2D eigenvalue weighted by atomic mass is 32.1. The third-order valence-electron chi connectivity index (χ3n) is 3.69. The Morgan fingerprint density at radius 2 is 2.11 bits per heavy atom. The van der Waals surface area contributed by atoms with Crippen LogP contribution in [0.1, 0.15) is 37.0 Å². The standard InChI is InChI=1S/C13H15N3O2S/c17-11-13(6-2-1-3-7-13)15-12(18)16(11)14-9-10-5-4-8-19-10/h4-5,8-9H,1-3,6-7H2,(H,15,18)/b14-9+. The molecule has 2 aliphatic rings. The first-order valence-electron chi connectivity index (χ1n) is 6.45. The number of hydrogen-bond acceptors (Lipinski definition) is 4. The predicted octanol–water partition coefficient (Wildman–Crippen LogP) is 2.34. The molecule has 1 aliphatic carbocycles. The average Bonchev–Trinajstić information content (AvgIpc) is 2.99. The molecule has 2 heterocycles. The molecule has 1 spiro atoms. The molecule has 1 saturated carbocycles. The summed E-state index contributed by atoms with van der Waals surface area (Å²) in [5, 5.41) is 9.76. The molecule has 6 heteroatoms. The smallest absolute Gasteiger partial charge is 0.321 e. The van der Waals surface area contributed by atoms with Crippen LogP contribution < -0.4 is 5.32 Å². The summed E-state index contributed by atoms with van der Waals surface area (Å²) in [7, 11) is 0. The summed E-state index contributed by atoms with van der Waals surface area (Å²) in [6.45, 7) is 0. The van der Waals surface area contributed by atoms with Crippen LogP contribution in [0.25, 0.3) is 0 Å². The van der Waals surface area contributed by atoms with Gasteiger partial charge in [-0.25, -0.2) is 4.79 Å². The number of amides is 3. The molecule has 0 aromatic carbocycles. The van der Waals surface area contributed by atoms with Crippen LogP contribution in [0, 0.1) is 0 Å². The van der Waals surface area contributed by atoms with E-state index in [0.29, 0.717) is 0 Å². The molecule has 1 aromatic rings. The fourth-order valence-electron chi connectivity index (χ4n) is 2.68. The SMILES string of the molecule is O=C1NC2(CCCCC2)C(=O)N1/N=C/c1cccs1. The zero-order valence-electron chi connectivity index (χ0n) is 10.5. The molecule has 5 nitrogen and oxygen atoms in total. The van der Waals surface area contributed by atoms with Crippen molar-refractivity contribution in [2.75, 3.05) is 0 Å². The highest BCUT2D eigenvalue weighted by Gasteiger charge is 2.51. The van der Waals surface area contributed by atoms with Gasteiger partial charge in [0.15, 0.2) is 0 Å². The van der Waals surface area contributed by atoms with Gasteiger partial charge >= 0.3 is 6.03 Å². The number of hydrogen-bond donors (Lipinski definition) is 1. The minimum atomic E-state index is -0.692. The van der Waals surface area contributed by atoms with Crippen LogP contribution in [0.4, 0.5) is 4.79 Å². The maximum atomic E-state index is 12.4. The second-order valence-electron chi connectivity index (χ2n) is 4.95. The molecule has 1 aromatic heterocycles. The topological polar surface area (TPSA) is 61.8 Å². The Morgan fingerprint density at radius 1 is 1.32 bits per heavy atom. The van der Waals surface area contributed by atoms with Crippen molar-refractivity contribution in [2.24, 2.45) is 5.10 Å². The molecular formula is C13H15N3O2S. The van der Waals surface area contributed by atoms with E-state index in [1.54, 1.807) is 6.21 Å². The molecule has 0 radical (unpaired) electrons. The number of thiophene rings is 1. The van der Waals surface area contributed by atoms with E-state index >= 15 is 0 Å². The lowest BCUT2D eigenvalue weighted by Crippen LogP contribution is -2.48. The van der Waals surface area contributed by atoms with E-state index < -0.39 is 11.6 Å². The lowest BCUT2D eigenvalue weighted by Gasteiger charge is -2.29. The minimum Gasteiger partial charge on any atom is -0.321 e. The summed E-state index contributed by atoms with van der Waals surface area (Å²) in [6.07, 6.45) is 6.10. The zero-order chi connectivity index (χ0) is 13.3. The molecule has 0 unspecified atom stereocenters. The van der Waals surface area contributed by atoms with Gasteiger partial charge in [-0.1, -0.05) is 25.3 Å². The van der Waals surface area contributed by atoms with E-state index in [2.05, 4.69) is 10.4 Å². The van der Waals surface area contributed by atoms with Gasteiger partial charge in [0.1, 0.15) is 5.54 Å². The number of nitrogens with one attached hydrogen (secondary N) is 1. The van der Waals surface area contributed by atoms with Gasteiger partial charge in [0.05, 0.1) is 6.21 Å². The fourth-order valence-corrected chi connectivity index (χ4v) is 3.26.